The number of aliphatic carboxylic acids is 1. The van der Waals surface area contributed by atoms with E-state index < -0.39 is 5.97 Å². The van der Waals surface area contributed by atoms with Gasteiger partial charge in [0.15, 0.2) is 0 Å². The zero-order valence-electron chi connectivity index (χ0n) is 8.71. The van der Waals surface area contributed by atoms with Crippen molar-refractivity contribution in [3.05, 3.63) is 0 Å². The van der Waals surface area contributed by atoms with Gasteiger partial charge in [0.1, 0.15) is 5.78 Å². The maximum absolute atomic E-state index is 11.8. The van der Waals surface area contributed by atoms with Crippen LogP contribution in [0.4, 0.5) is 0 Å². The van der Waals surface area contributed by atoms with Crippen molar-refractivity contribution >= 4 is 11.8 Å². The fraction of sp³-hybridized carbons (Fsp3) is 0.818. The molecule has 0 aromatic rings. The quantitative estimate of drug-likeness (QED) is 0.754. The van der Waals surface area contributed by atoms with E-state index in [0.29, 0.717) is 12.8 Å². The summed E-state index contributed by atoms with van der Waals surface area (Å²) in [5.41, 5.74) is -0.309. The van der Waals surface area contributed by atoms with E-state index in [4.69, 9.17) is 5.11 Å². The van der Waals surface area contributed by atoms with Crippen molar-refractivity contribution in [1.82, 2.24) is 0 Å². The predicted molar refractivity (Wildman–Crippen MR) is 53.1 cm³/mol. The average Bonchev–Trinajstić information content (AvgIpc) is 2.17. The van der Waals surface area contributed by atoms with Crippen molar-refractivity contribution in [2.75, 3.05) is 0 Å². The molecule has 80 valence electrons. The second-order valence-electron chi connectivity index (χ2n) is 4.16. The molecule has 1 aliphatic rings. The van der Waals surface area contributed by atoms with Crippen LogP contribution in [0.2, 0.25) is 0 Å². The maximum Gasteiger partial charge on any atom is 0.303 e. The van der Waals surface area contributed by atoms with Crippen LogP contribution < -0.4 is 0 Å². The summed E-state index contributed by atoms with van der Waals surface area (Å²) in [6.07, 6.45) is 5.02. The number of hydrogen-bond acceptors (Lipinski definition) is 2. The number of carboxylic acids is 1. The van der Waals surface area contributed by atoms with Gasteiger partial charge in [-0.05, 0) is 25.7 Å². The summed E-state index contributed by atoms with van der Waals surface area (Å²) in [6, 6.07) is 0. The Morgan fingerprint density at radius 2 is 2.21 bits per heavy atom. The van der Waals surface area contributed by atoms with E-state index in [1.54, 1.807) is 0 Å². The van der Waals surface area contributed by atoms with Crippen LogP contribution in [0.25, 0.3) is 0 Å². The molecule has 0 amide bonds. The Balaban J connectivity index is 2.63. The lowest BCUT2D eigenvalue weighted by molar-refractivity contribution is -0.139. The van der Waals surface area contributed by atoms with Crippen LogP contribution in [0.3, 0.4) is 0 Å². The first-order valence-corrected chi connectivity index (χ1v) is 5.36. The van der Waals surface area contributed by atoms with Crippen LogP contribution in [0.1, 0.15) is 51.9 Å². The largest absolute Gasteiger partial charge is 0.481 e. The molecule has 14 heavy (non-hydrogen) atoms. The Kier molecular flexibility index (Phi) is 3.67. The molecule has 0 aromatic carbocycles. The van der Waals surface area contributed by atoms with E-state index in [1.165, 1.54) is 0 Å². The van der Waals surface area contributed by atoms with Gasteiger partial charge in [-0.15, -0.1) is 0 Å². The van der Waals surface area contributed by atoms with E-state index in [0.717, 1.165) is 25.7 Å². The first-order chi connectivity index (χ1) is 6.60. The molecule has 3 heteroatoms. The Bertz CT molecular complexity index is 235. The van der Waals surface area contributed by atoms with E-state index in [9.17, 15) is 9.59 Å². The zero-order chi connectivity index (χ0) is 10.6. The molecule has 1 saturated carbocycles. The lowest BCUT2D eigenvalue weighted by atomic mass is 9.68. The molecule has 0 spiro atoms. The minimum absolute atomic E-state index is 0.125. The fourth-order valence-electron chi connectivity index (χ4n) is 2.31. The monoisotopic (exact) mass is 198 g/mol. The highest BCUT2D eigenvalue weighted by molar-refractivity contribution is 5.85. The number of carbonyl (C=O) groups excluding carboxylic acids is 1. The molecule has 1 aliphatic carbocycles. The summed E-state index contributed by atoms with van der Waals surface area (Å²) in [5.74, 6) is -0.510. The molecule has 1 unspecified atom stereocenters. The number of hydrogen-bond donors (Lipinski definition) is 1. The number of ketones is 1. The summed E-state index contributed by atoms with van der Waals surface area (Å²) < 4.78 is 0. The van der Waals surface area contributed by atoms with Gasteiger partial charge in [0.05, 0.1) is 0 Å². The van der Waals surface area contributed by atoms with Crippen LogP contribution >= 0.6 is 0 Å². The van der Waals surface area contributed by atoms with Gasteiger partial charge >= 0.3 is 5.97 Å². The van der Waals surface area contributed by atoms with E-state index in [-0.39, 0.29) is 17.6 Å². The highest BCUT2D eigenvalue weighted by Crippen LogP contribution is 2.40. The Hall–Kier alpha value is -0.860. The smallest absolute Gasteiger partial charge is 0.303 e. The third-order valence-electron chi connectivity index (χ3n) is 3.39. The minimum Gasteiger partial charge on any atom is -0.481 e. The molecule has 1 N–H and O–H groups in total. The summed E-state index contributed by atoms with van der Waals surface area (Å²) in [4.78, 5) is 22.3. The molecule has 1 atom stereocenters. The van der Waals surface area contributed by atoms with E-state index >= 15 is 0 Å². The summed E-state index contributed by atoms with van der Waals surface area (Å²) in [6.45, 7) is 1.99. The van der Waals surface area contributed by atoms with Crippen LogP contribution in [-0.4, -0.2) is 16.9 Å². The van der Waals surface area contributed by atoms with Gasteiger partial charge in [-0.1, -0.05) is 13.3 Å². The molecule has 0 saturated heterocycles. The maximum atomic E-state index is 11.8. The fourth-order valence-corrected chi connectivity index (χ4v) is 2.31. The van der Waals surface area contributed by atoms with Crippen molar-refractivity contribution < 1.29 is 14.7 Å². The molecule has 0 bridgehead atoms. The van der Waals surface area contributed by atoms with Gasteiger partial charge in [0.25, 0.3) is 0 Å². The van der Waals surface area contributed by atoms with Gasteiger partial charge in [-0.3, -0.25) is 9.59 Å². The summed E-state index contributed by atoms with van der Waals surface area (Å²) >= 11 is 0. The van der Waals surface area contributed by atoms with Crippen molar-refractivity contribution in [3.8, 4) is 0 Å². The minimum atomic E-state index is -0.795. The number of carboxylic acid groups (broad SMARTS) is 1. The van der Waals surface area contributed by atoms with Crippen molar-refractivity contribution in [1.29, 1.82) is 0 Å². The van der Waals surface area contributed by atoms with Crippen LogP contribution in [-0.2, 0) is 9.59 Å². The van der Waals surface area contributed by atoms with Crippen molar-refractivity contribution in [2.24, 2.45) is 5.41 Å². The van der Waals surface area contributed by atoms with E-state index in [1.807, 2.05) is 6.92 Å². The SMILES string of the molecule is CCC1(CCC(=O)O)CCCCC1=O. The molecular formula is C11H18O3. The molecule has 0 aliphatic heterocycles. The zero-order valence-corrected chi connectivity index (χ0v) is 8.71. The Morgan fingerprint density at radius 3 is 2.71 bits per heavy atom. The van der Waals surface area contributed by atoms with Crippen molar-refractivity contribution in [2.45, 2.75) is 51.9 Å². The molecule has 0 radical (unpaired) electrons. The molecule has 0 heterocycles. The topological polar surface area (TPSA) is 54.4 Å². The van der Waals surface area contributed by atoms with Crippen LogP contribution in [0, 0.1) is 5.41 Å². The van der Waals surface area contributed by atoms with Gasteiger partial charge in [0, 0.05) is 18.3 Å². The second-order valence-corrected chi connectivity index (χ2v) is 4.16. The molecular weight excluding hydrogens is 180 g/mol. The van der Waals surface area contributed by atoms with Gasteiger partial charge in [-0.25, -0.2) is 0 Å². The van der Waals surface area contributed by atoms with Crippen LogP contribution in [0.15, 0.2) is 0 Å². The Labute approximate surface area is 84.5 Å². The molecule has 3 nitrogen and oxygen atoms in total. The summed E-state index contributed by atoms with van der Waals surface area (Å²) in [5, 5.41) is 8.63. The number of Topliss-reactive ketones (excluding diaryl/α,β-unsaturated/α-hetero) is 1. The highest BCUT2D eigenvalue weighted by Gasteiger charge is 2.37. The standard InChI is InChI=1S/C11H18O3/c1-2-11(8-6-10(13)14)7-4-3-5-9(11)12/h2-8H2,1H3,(H,13,14). The number of rotatable bonds is 4. The summed E-state index contributed by atoms with van der Waals surface area (Å²) in [7, 11) is 0. The second kappa shape index (κ2) is 4.58. The Morgan fingerprint density at radius 1 is 1.50 bits per heavy atom. The lowest BCUT2D eigenvalue weighted by Gasteiger charge is -2.34. The van der Waals surface area contributed by atoms with Gasteiger partial charge < -0.3 is 5.11 Å². The lowest BCUT2D eigenvalue weighted by Crippen LogP contribution is -2.34. The number of carbonyl (C=O) groups is 2. The molecule has 1 fully saturated rings. The van der Waals surface area contributed by atoms with E-state index in [2.05, 4.69) is 0 Å². The van der Waals surface area contributed by atoms with Gasteiger partial charge in [0.2, 0.25) is 0 Å². The van der Waals surface area contributed by atoms with Crippen LogP contribution in [0.5, 0.6) is 0 Å². The van der Waals surface area contributed by atoms with Gasteiger partial charge in [-0.2, -0.15) is 0 Å². The van der Waals surface area contributed by atoms with Crippen molar-refractivity contribution in [3.63, 3.8) is 0 Å². The highest BCUT2D eigenvalue weighted by atomic mass is 16.4. The first kappa shape index (κ1) is 11.2. The normalized spacial score (nSPS) is 27.6. The average molecular weight is 198 g/mol. The first-order valence-electron chi connectivity index (χ1n) is 5.36. The third-order valence-corrected chi connectivity index (χ3v) is 3.39. The predicted octanol–water partition coefficient (Wildman–Crippen LogP) is 2.39. The molecule has 0 aromatic heterocycles. The molecule has 1 rings (SSSR count). The third kappa shape index (κ3) is 2.34.